The van der Waals surface area contributed by atoms with Crippen molar-refractivity contribution in [2.45, 2.75) is 18.6 Å². The lowest BCUT2D eigenvalue weighted by Gasteiger charge is -2.19. The van der Waals surface area contributed by atoms with Crippen LogP contribution in [0.5, 0.6) is 0 Å². The number of nitrogens with zero attached hydrogens (tertiary/aromatic N) is 1. The normalized spacial score (nSPS) is 15.6. The summed E-state index contributed by atoms with van der Waals surface area (Å²) in [5, 5.41) is 6.65. The molecular formula is C11H18N6. The predicted octanol–water partition coefficient (Wildman–Crippen LogP) is -0.159. The molecule has 0 saturated heterocycles. The first-order valence-electron chi connectivity index (χ1n) is 5.60. The molecule has 0 aromatic heterocycles. The van der Waals surface area contributed by atoms with Gasteiger partial charge in [-0.05, 0) is 18.6 Å². The maximum Gasteiger partial charge on any atom is 0.185 e. The van der Waals surface area contributed by atoms with Crippen molar-refractivity contribution in [3.05, 3.63) is 24.3 Å². The van der Waals surface area contributed by atoms with Gasteiger partial charge in [-0.2, -0.15) is 0 Å². The summed E-state index contributed by atoms with van der Waals surface area (Å²) in [7, 11) is 0. The fraction of sp³-hybridized carbons (Fsp3) is 0.364. The lowest BCUT2D eigenvalue weighted by atomic mass is 10.2. The number of fused-ring (bicyclic) bond motifs is 1. The van der Waals surface area contributed by atoms with Gasteiger partial charge in [0.15, 0.2) is 5.96 Å². The summed E-state index contributed by atoms with van der Waals surface area (Å²) in [4.78, 5) is 3.92. The van der Waals surface area contributed by atoms with Crippen LogP contribution in [0, 0.1) is 0 Å². The summed E-state index contributed by atoms with van der Waals surface area (Å²) in [6.45, 7) is 0.541. The minimum Gasteiger partial charge on any atom is -0.370 e. The second-order valence-corrected chi connectivity index (χ2v) is 4.07. The highest BCUT2D eigenvalue weighted by atomic mass is 15.2. The first-order chi connectivity index (χ1) is 8.16. The Kier molecular flexibility index (Phi) is 3.34. The molecule has 0 aliphatic carbocycles. The van der Waals surface area contributed by atoms with E-state index in [0.717, 1.165) is 17.8 Å². The SMILES string of the molecule is NC(N)=NCCC(N)C1Nc2ccccc2N1. The van der Waals surface area contributed by atoms with Crippen LogP contribution < -0.4 is 27.8 Å². The van der Waals surface area contributed by atoms with E-state index in [9.17, 15) is 0 Å². The highest BCUT2D eigenvalue weighted by molar-refractivity contribution is 5.75. The molecule has 0 radical (unpaired) electrons. The highest BCUT2D eigenvalue weighted by Crippen LogP contribution is 2.28. The van der Waals surface area contributed by atoms with E-state index in [1.54, 1.807) is 0 Å². The zero-order valence-electron chi connectivity index (χ0n) is 9.56. The van der Waals surface area contributed by atoms with Gasteiger partial charge in [-0.25, -0.2) is 0 Å². The standard InChI is InChI=1S/C11H18N6/c12-7(5-6-15-11(13)14)10-16-8-3-1-2-4-9(8)17-10/h1-4,7,10,16-17H,5-6,12H2,(H4,13,14,15). The van der Waals surface area contributed by atoms with E-state index < -0.39 is 0 Å². The van der Waals surface area contributed by atoms with E-state index in [1.807, 2.05) is 24.3 Å². The monoisotopic (exact) mass is 234 g/mol. The van der Waals surface area contributed by atoms with Crippen molar-refractivity contribution in [2.24, 2.45) is 22.2 Å². The number of anilines is 2. The summed E-state index contributed by atoms with van der Waals surface area (Å²) < 4.78 is 0. The van der Waals surface area contributed by atoms with Crippen LogP contribution in [0.1, 0.15) is 6.42 Å². The molecule has 1 aromatic rings. The third-order valence-electron chi connectivity index (χ3n) is 2.73. The maximum absolute atomic E-state index is 6.07. The summed E-state index contributed by atoms with van der Waals surface area (Å²) in [6.07, 6.45) is 0.748. The van der Waals surface area contributed by atoms with Crippen molar-refractivity contribution < 1.29 is 0 Å². The predicted molar refractivity (Wildman–Crippen MR) is 70.7 cm³/mol. The number of hydrogen-bond donors (Lipinski definition) is 5. The molecule has 8 N–H and O–H groups in total. The second-order valence-electron chi connectivity index (χ2n) is 4.07. The zero-order valence-corrected chi connectivity index (χ0v) is 9.56. The van der Waals surface area contributed by atoms with Crippen LogP contribution in [0.15, 0.2) is 29.3 Å². The van der Waals surface area contributed by atoms with Crippen LogP contribution in [0.4, 0.5) is 11.4 Å². The fourth-order valence-electron chi connectivity index (χ4n) is 1.83. The molecule has 17 heavy (non-hydrogen) atoms. The van der Waals surface area contributed by atoms with E-state index >= 15 is 0 Å². The van der Waals surface area contributed by atoms with E-state index in [1.165, 1.54) is 0 Å². The quantitative estimate of drug-likeness (QED) is 0.367. The molecule has 2 rings (SSSR count). The van der Waals surface area contributed by atoms with Crippen molar-refractivity contribution in [3.8, 4) is 0 Å². The van der Waals surface area contributed by atoms with Gasteiger partial charge in [0.2, 0.25) is 0 Å². The molecule has 0 spiro atoms. The molecule has 1 aliphatic rings. The Labute approximate surface area is 100 Å². The maximum atomic E-state index is 6.07. The average molecular weight is 234 g/mol. The van der Waals surface area contributed by atoms with Gasteiger partial charge >= 0.3 is 0 Å². The van der Waals surface area contributed by atoms with Gasteiger partial charge in [-0.1, -0.05) is 12.1 Å². The number of nitrogens with one attached hydrogen (secondary N) is 2. The van der Waals surface area contributed by atoms with Gasteiger partial charge in [0.1, 0.15) is 6.17 Å². The largest absolute Gasteiger partial charge is 0.370 e. The number of hydrogen-bond acceptors (Lipinski definition) is 4. The molecule has 1 heterocycles. The third-order valence-corrected chi connectivity index (χ3v) is 2.73. The van der Waals surface area contributed by atoms with Crippen LogP contribution >= 0.6 is 0 Å². The van der Waals surface area contributed by atoms with Crippen molar-refractivity contribution in [1.82, 2.24) is 0 Å². The lowest BCUT2D eigenvalue weighted by Crippen LogP contribution is -2.43. The molecule has 6 heteroatoms. The minimum absolute atomic E-state index is 0.0293. The van der Waals surface area contributed by atoms with E-state index in [4.69, 9.17) is 17.2 Å². The van der Waals surface area contributed by atoms with Crippen LogP contribution in [0.25, 0.3) is 0 Å². The Morgan fingerprint density at radius 2 is 1.82 bits per heavy atom. The summed E-state index contributed by atoms with van der Waals surface area (Å²) in [5.41, 5.74) is 18.7. The van der Waals surface area contributed by atoms with Gasteiger partial charge in [-0.3, -0.25) is 4.99 Å². The van der Waals surface area contributed by atoms with Crippen LogP contribution in [-0.4, -0.2) is 24.7 Å². The van der Waals surface area contributed by atoms with Gasteiger partial charge in [0, 0.05) is 12.6 Å². The van der Waals surface area contributed by atoms with Crippen molar-refractivity contribution in [2.75, 3.05) is 17.2 Å². The van der Waals surface area contributed by atoms with Crippen molar-refractivity contribution >= 4 is 17.3 Å². The summed E-state index contributed by atoms with van der Waals surface area (Å²) in [6, 6.07) is 7.96. The molecule has 1 aromatic carbocycles. The number of guanidine groups is 1. The van der Waals surface area contributed by atoms with E-state index in [2.05, 4.69) is 15.6 Å². The Hall–Kier alpha value is -1.95. The van der Waals surface area contributed by atoms with E-state index in [0.29, 0.717) is 6.54 Å². The molecule has 1 aliphatic heterocycles. The number of para-hydroxylation sites is 2. The number of benzene rings is 1. The smallest absolute Gasteiger partial charge is 0.185 e. The topological polar surface area (TPSA) is 114 Å². The van der Waals surface area contributed by atoms with Gasteiger partial charge in [0.05, 0.1) is 11.4 Å². The Morgan fingerprint density at radius 3 is 2.35 bits per heavy atom. The Balaban J connectivity index is 1.88. The zero-order chi connectivity index (χ0) is 12.3. The first kappa shape index (κ1) is 11.5. The number of nitrogens with two attached hydrogens (primary N) is 3. The summed E-state index contributed by atoms with van der Waals surface area (Å²) >= 11 is 0. The van der Waals surface area contributed by atoms with Crippen molar-refractivity contribution in [3.63, 3.8) is 0 Å². The molecule has 0 amide bonds. The molecule has 1 atom stereocenters. The number of rotatable bonds is 4. The Bertz CT molecular complexity index is 387. The Morgan fingerprint density at radius 1 is 1.24 bits per heavy atom. The van der Waals surface area contributed by atoms with Crippen LogP contribution in [0.2, 0.25) is 0 Å². The van der Waals surface area contributed by atoms with Gasteiger partial charge < -0.3 is 27.8 Å². The molecule has 0 fully saturated rings. The molecule has 0 saturated carbocycles. The van der Waals surface area contributed by atoms with Gasteiger partial charge in [0.25, 0.3) is 0 Å². The lowest BCUT2D eigenvalue weighted by molar-refractivity contribution is 0.572. The van der Waals surface area contributed by atoms with E-state index in [-0.39, 0.29) is 18.2 Å². The molecular weight excluding hydrogens is 216 g/mol. The number of aliphatic imine (C=N–C) groups is 1. The molecule has 0 bridgehead atoms. The minimum atomic E-state index is -0.0505. The fourth-order valence-corrected chi connectivity index (χ4v) is 1.83. The van der Waals surface area contributed by atoms with Crippen LogP contribution in [-0.2, 0) is 0 Å². The van der Waals surface area contributed by atoms with Crippen LogP contribution in [0.3, 0.4) is 0 Å². The highest BCUT2D eigenvalue weighted by Gasteiger charge is 2.24. The van der Waals surface area contributed by atoms with Gasteiger partial charge in [-0.15, -0.1) is 0 Å². The first-order valence-corrected chi connectivity index (χ1v) is 5.60. The second kappa shape index (κ2) is 4.92. The third kappa shape index (κ3) is 2.79. The molecule has 92 valence electrons. The molecule has 1 unspecified atom stereocenters. The average Bonchev–Trinajstić information content (AvgIpc) is 2.71. The molecule has 6 nitrogen and oxygen atoms in total. The summed E-state index contributed by atoms with van der Waals surface area (Å²) in [5.74, 6) is 0.104. The van der Waals surface area contributed by atoms with Crippen molar-refractivity contribution in [1.29, 1.82) is 0 Å².